The quantitative estimate of drug-likeness (QED) is 0.804. The van der Waals surface area contributed by atoms with Crippen molar-refractivity contribution in [1.82, 2.24) is 0 Å². The smallest absolute Gasteiger partial charge is 0.101 e. The van der Waals surface area contributed by atoms with E-state index in [9.17, 15) is 5.26 Å². The van der Waals surface area contributed by atoms with Crippen molar-refractivity contribution in [2.45, 2.75) is 13.8 Å². The summed E-state index contributed by atoms with van der Waals surface area (Å²) >= 11 is 0. The predicted molar refractivity (Wildman–Crippen MR) is 75.0 cm³/mol. The molecular weight excluding hydrogens is 220 g/mol. The summed E-state index contributed by atoms with van der Waals surface area (Å²) in [5.74, 6) is 0. The van der Waals surface area contributed by atoms with Gasteiger partial charge in [0.2, 0.25) is 0 Å². The van der Waals surface area contributed by atoms with E-state index < -0.39 is 0 Å². The van der Waals surface area contributed by atoms with Gasteiger partial charge < -0.3 is 4.90 Å². The Kier molecular flexibility index (Phi) is 3.64. The van der Waals surface area contributed by atoms with Crippen LogP contribution in [0.2, 0.25) is 0 Å². The summed E-state index contributed by atoms with van der Waals surface area (Å²) in [7, 11) is 0. The fraction of sp³-hybridized carbons (Fsp3) is 0.188. The monoisotopic (exact) mass is 236 g/mol. The van der Waals surface area contributed by atoms with E-state index in [1.807, 2.05) is 43.3 Å². The molecule has 0 aliphatic heterocycles. The van der Waals surface area contributed by atoms with E-state index in [1.54, 1.807) is 0 Å². The van der Waals surface area contributed by atoms with Crippen molar-refractivity contribution in [2.75, 3.05) is 11.4 Å². The number of nitriles is 1. The molecule has 0 spiro atoms. The molecule has 0 fully saturated rings. The highest BCUT2D eigenvalue weighted by atomic mass is 15.1. The van der Waals surface area contributed by atoms with E-state index in [-0.39, 0.29) is 0 Å². The minimum Gasteiger partial charge on any atom is -0.341 e. The molecule has 2 rings (SSSR count). The lowest BCUT2D eigenvalue weighted by Gasteiger charge is -2.24. The zero-order valence-corrected chi connectivity index (χ0v) is 10.7. The molecular formula is C16H16N2. The van der Waals surface area contributed by atoms with Crippen LogP contribution in [0.4, 0.5) is 11.4 Å². The number of hydrogen-bond donors (Lipinski definition) is 0. The van der Waals surface area contributed by atoms with Crippen molar-refractivity contribution in [2.24, 2.45) is 0 Å². The average Bonchev–Trinajstić information content (AvgIpc) is 2.42. The lowest BCUT2D eigenvalue weighted by atomic mass is 10.1. The van der Waals surface area contributed by atoms with Crippen molar-refractivity contribution in [3.63, 3.8) is 0 Å². The van der Waals surface area contributed by atoms with Crippen LogP contribution in [0.25, 0.3) is 0 Å². The molecule has 0 saturated carbocycles. The second-order valence-electron chi connectivity index (χ2n) is 4.21. The molecule has 0 bridgehead atoms. The fourth-order valence-corrected chi connectivity index (χ4v) is 2.07. The summed E-state index contributed by atoms with van der Waals surface area (Å²) in [6, 6.07) is 18.4. The molecule has 0 saturated heterocycles. The van der Waals surface area contributed by atoms with Crippen molar-refractivity contribution >= 4 is 11.4 Å². The topological polar surface area (TPSA) is 27.0 Å². The van der Waals surface area contributed by atoms with Crippen LogP contribution >= 0.6 is 0 Å². The summed E-state index contributed by atoms with van der Waals surface area (Å²) in [5.41, 5.74) is 3.91. The van der Waals surface area contributed by atoms with Gasteiger partial charge in [-0.25, -0.2) is 0 Å². The molecule has 2 nitrogen and oxygen atoms in total. The predicted octanol–water partition coefficient (Wildman–Crippen LogP) is 4.02. The van der Waals surface area contributed by atoms with Gasteiger partial charge in [0.1, 0.15) is 6.07 Å². The van der Waals surface area contributed by atoms with E-state index in [2.05, 4.69) is 30.0 Å². The SMILES string of the molecule is CCN(c1ccccc1)c1ccc(C)cc1C#N. The van der Waals surface area contributed by atoms with E-state index in [0.717, 1.165) is 29.0 Å². The maximum absolute atomic E-state index is 9.26. The third-order valence-electron chi connectivity index (χ3n) is 2.95. The van der Waals surface area contributed by atoms with Crippen molar-refractivity contribution in [3.8, 4) is 6.07 Å². The van der Waals surface area contributed by atoms with Gasteiger partial charge in [0.05, 0.1) is 11.3 Å². The van der Waals surface area contributed by atoms with Crippen LogP contribution < -0.4 is 4.90 Å². The second-order valence-corrected chi connectivity index (χ2v) is 4.21. The molecule has 0 heterocycles. The Morgan fingerprint density at radius 1 is 1.11 bits per heavy atom. The maximum Gasteiger partial charge on any atom is 0.101 e. The molecule has 0 radical (unpaired) electrons. The first-order chi connectivity index (χ1) is 8.76. The van der Waals surface area contributed by atoms with E-state index in [1.165, 1.54) is 0 Å². The van der Waals surface area contributed by atoms with Crippen LogP contribution in [-0.2, 0) is 0 Å². The van der Waals surface area contributed by atoms with Gasteiger partial charge in [-0.3, -0.25) is 0 Å². The van der Waals surface area contributed by atoms with Crippen molar-refractivity contribution < 1.29 is 0 Å². The van der Waals surface area contributed by atoms with Crippen LogP contribution in [0.3, 0.4) is 0 Å². The number of anilines is 2. The fourth-order valence-electron chi connectivity index (χ4n) is 2.07. The summed E-state index contributed by atoms with van der Waals surface area (Å²) in [5, 5.41) is 9.26. The van der Waals surface area contributed by atoms with Gasteiger partial charge in [-0.2, -0.15) is 5.26 Å². The zero-order valence-electron chi connectivity index (χ0n) is 10.7. The van der Waals surface area contributed by atoms with E-state index in [0.29, 0.717) is 0 Å². The van der Waals surface area contributed by atoms with Crippen LogP contribution in [-0.4, -0.2) is 6.54 Å². The largest absolute Gasteiger partial charge is 0.341 e. The summed E-state index contributed by atoms with van der Waals surface area (Å²) in [6.45, 7) is 4.93. The standard InChI is InChI=1S/C16H16N2/c1-3-18(15-7-5-4-6-8-15)16-10-9-13(2)11-14(16)12-17/h4-11H,3H2,1-2H3. The van der Waals surface area contributed by atoms with Gasteiger partial charge in [-0.1, -0.05) is 24.3 Å². The minimum absolute atomic E-state index is 0.723. The molecule has 0 N–H and O–H groups in total. The van der Waals surface area contributed by atoms with Crippen LogP contribution in [0, 0.1) is 18.3 Å². The maximum atomic E-state index is 9.26. The Labute approximate surface area is 108 Å². The number of benzene rings is 2. The molecule has 0 atom stereocenters. The molecule has 2 aromatic carbocycles. The molecule has 2 heteroatoms. The Bertz CT molecular complexity index is 567. The molecule has 18 heavy (non-hydrogen) atoms. The van der Waals surface area contributed by atoms with E-state index in [4.69, 9.17) is 0 Å². The first-order valence-electron chi connectivity index (χ1n) is 6.09. The third-order valence-corrected chi connectivity index (χ3v) is 2.95. The molecule has 2 aromatic rings. The Balaban J connectivity index is 2.49. The lowest BCUT2D eigenvalue weighted by molar-refractivity contribution is 1.02. The lowest BCUT2D eigenvalue weighted by Crippen LogP contribution is -2.17. The third kappa shape index (κ3) is 2.36. The van der Waals surface area contributed by atoms with E-state index >= 15 is 0 Å². The van der Waals surface area contributed by atoms with Crippen LogP contribution in [0.15, 0.2) is 48.5 Å². The van der Waals surface area contributed by atoms with Gasteiger partial charge >= 0.3 is 0 Å². The first-order valence-corrected chi connectivity index (χ1v) is 6.09. The number of hydrogen-bond acceptors (Lipinski definition) is 2. The molecule has 0 aliphatic rings. The van der Waals surface area contributed by atoms with Gasteiger partial charge in [0.15, 0.2) is 0 Å². The highest BCUT2D eigenvalue weighted by molar-refractivity contribution is 5.69. The Morgan fingerprint density at radius 2 is 1.83 bits per heavy atom. The number of aryl methyl sites for hydroxylation is 1. The van der Waals surface area contributed by atoms with Crippen molar-refractivity contribution in [3.05, 3.63) is 59.7 Å². The first kappa shape index (κ1) is 12.2. The normalized spacial score (nSPS) is 9.83. The molecule has 0 aliphatic carbocycles. The highest BCUT2D eigenvalue weighted by Crippen LogP contribution is 2.28. The summed E-state index contributed by atoms with van der Waals surface area (Å²) in [4.78, 5) is 2.15. The minimum atomic E-state index is 0.723. The zero-order chi connectivity index (χ0) is 13.0. The van der Waals surface area contributed by atoms with Gasteiger partial charge in [0.25, 0.3) is 0 Å². The molecule has 0 unspecified atom stereocenters. The molecule has 0 amide bonds. The molecule has 0 aromatic heterocycles. The van der Waals surface area contributed by atoms with Crippen LogP contribution in [0.5, 0.6) is 0 Å². The second kappa shape index (κ2) is 5.37. The Morgan fingerprint density at radius 3 is 2.44 bits per heavy atom. The summed E-state index contributed by atoms with van der Waals surface area (Å²) < 4.78 is 0. The van der Waals surface area contributed by atoms with Gasteiger partial charge in [-0.05, 0) is 43.7 Å². The van der Waals surface area contributed by atoms with Crippen LogP contribution in [0.1, 0.15) is 18.1 Å². The number of rotatable bonds is 3. The van der Waals surface area contributed by atoms with Gasteiger partial charge in [0, 0.05) is 12.2 Å². The highest BCUT2D eigenvalue weighted by Gasteiger charge is 2.11. The average molecular weight is 236 g/mol. The Hall–Kier alpha value is -2.27. The number of para-hydroxylation sites is 1. The number of nitrogens with zero attached hydrogens (tertiary/aromatic N) is 2. The molecule has 90 valence electrons. The summed E-state index contributed by atoms with van der Waals surface area (Å²) in [6.07, 6.45) is 0. The van der Waals surface area contributed by atoms with Crippen molar-refractivity contribution in [1.29, 1.82) is 5.26 Å². The van der Waals surface area contributed by atoms with Gasteiger partial charge in [-0.15, -0.1) is 0 Å².